The minimum Gasteiger partial charge on any atom is -0.370 e. The van der Waals surface area contributed by atoms with Crippen molar-refractivity contribution in [3.05, 3.63) is 83.9 Å². The maximum Gasteiger partial charge on any atom is 0.130 e. The second kappa shape index (κ2) is 8.72. The van der Waals surface area contributed by atoms with Gasteiger partial charge in [-0.2, -0.15) is 0 Å². The lowest BCUT2D eigenvalue weighted by Crippen LogP contribution is -2.30. The summed E-state index contributed by atoms with van der Waals surface area (Å²) in [6, 6.07) is 26.0. The lowest BCUT2D eigenvalue weighted by Gasteiger charge is -2.15. The minimum absolute atomic E-state index is 0.883. The Kier molecular flexibility index (Phi) is 5.09. The molecule has 7 rings (SSSR count). The lowest BCUT2D eigenvalue weighted by atomic mass is 10.1. The van der Waals surface area contributed by atoms with E-state index in [1.807, 2.05) is 0 Å². The van der Waals surface area contributed by atoms with Gasteiger partial charge in [0.05, 0.1) is 11.0 Å². The molecule has 2 aliphatic heterocycles. The minimum atomic E-state index is 0.883. The molecular formula is C30H28N6. The molecule has 2 aliphatic rings. The maximum atomic E-state index is 4.70. The van der Waals surface area contributed by atoms with Gasteiger partial charge in [0.25, 0.3) is 0 Å². The van der Waals surface area contributed by atoms with E-state index >= 15 is 0 Å². The molecule has 3 aromatic carbocycles. The van der Waals surface area contributed by atoms with Crippen molar-refractivity contribution in [2.75, 3.05) is 26.2 Å². The predicted molar refractivity (Wildman–Crippen MR) is 149 cm³/mol. The molecule has 5 aromatic rings. The van der Waals surface area contributed by atoms with E-state index in [0.717, 1.165) is 95.4 Å². The normalized spacial score (nSPS) is 15.9. The summed E-state index contributed by atoms with van der Waals surface area (Å²) in [6.07, 6.45) is 2.18. The standard InChI is InChI=1S/C30H28N6/c1-5-21-17-25(35-27(21)23(7-1)29-31-13-3-14-32-29)19-9-11-20(12-10-19)26-18-22-6-2-8-24(28(22)36-26)30-33-15-4-16-34-30/h1-2,5-12,17-18,35-36H,3-4,13-16H2,(H,31,32)(H,33,34). The molecule has 0 saturated heterocycles. The highest BCUT2D eigenvalue weighted by Gasteiger charge is 2.15. The number of hydrogen-bond acceptors (Lipinski definition) is 4. The number of para-hydroxylation sites is 2. The molecule has 0 saturated carbocycles. The number of nitrogens with zero attached hydrogens (tertiary/aromatic N) is 2. The van der Waals surface area contributed by atoms with Crippen molar-refractivity contribution in [2.24, 2.45) is 9.98 Å². The van der Waals surface area contributed by atoms with Gasteiger partial charge in [0.1, 0.15) is 11.7 Å². The predicted octanol–water partition coefficient (Wildman–Crippen LogP) is 5.46. The van der Waals surface area contributed by atoms with E-state index in [9.17, 15) is 0 Å². The van der Waals surface area contributed by atoms with E-state index in [0.29, 0.717) is 0 Å². The topological polar surface area (TPSA) is 80.4 Å². The number of amidine groups is 2. The van der Waals surface area contributed by atoms with E-state index < -0.39 is 0 Å². The molecule has 6 nitrogen and oxygen atoms in total. The Balaban J connectivity index is 1.22. The Morgan fingerprint density at radius 2 is 1.03 bits per heavy atom. The van der Waals surface area contributed by atoms with Crippen molar-refractivity contribution in [1.29, 1.82) is 0 Å². The molecule has 0 unspecified atom stereocenters. The Morgan fingerprint density at radius 1 is 0.556 bits per heavy atom. The third-order valence-electron chi connectivity index (χ3n) is 7.12. The number of fused-ring (bicyclic) bond motifs is 2. The van der Waals surface area contributed by atoms with E-state index in [-0.39, 0.29) is 0 Å². The molecular weight excluding hydrogens is 444 g/mol. The quantitative estimate of drug-likeness (QED) is 0.280. The van der Waals surface area contributed by atoms with Crippen LogP contribution < -0.4 is 10.6 Å². The van der Waals surface area contributed by atoms with Crippen molar-refractivity contribution in [1.82, 2.24) is 20.6 Å². The monoisotopic (exact) mass is 472 g/mol. The number of aromatic amines is 2. The summed E-state index contributed by atoms with van der Waals surface area (Å²) < 4.78 is 0. The number of hydrogen-bond donors (Lipinski definition) is 4. The van der Waals surface area contributed by atoms with Gasteiger partial charge in [0.15, 0.2) is 0 Å². The van der Waals surface area contributed by atoms with Gasteiger partial charge < -0.3 is 20.6 Å². The van der Waals surface area contributed by atoms with Crippen LogP contribution in [0, 0.1) is 0 Å². The van der Waals surface area contributed by atoms with Gasteiger partial charge in [-0.25, -0.2) is 0 Å². The summed E-state index contributed by atoms with van der Waals surface area (Å²) in [4.78, 5) is 16.7. The average Bonchev–Trinajstić information content (AvgIpc) is 3.59. The number of benzene rings is 3. The summed E-state index contributed by atoms with van der Waals surface area (Å²) in [6.45, 7) is 3.72. The van der Waals surface area contributed by atoms with Gasteiger partial charge in [0, 0.05) is 59.5 Å². The Bertz CT molecular complexity index is 1510. The fourth-order valence-corrected chi connectivity index (χ4v) is 5.27. The van der Waals surface area contributed by atoms with Gasteiger partial charge >= 0.3 is 0 Å². The molecule has 0 bridgehead atoms. The van der Waals surface area contributed by atoms with Crippen LogP contribution in [-0.2, 0) is 0 Å². The van der Waals surface area contributed by atoms with Crippen LogP contribution in [0.3, 0.4) is 0 Å². The molecule has 0 aliphatic carbocycles. The van der Waals surface area contributed by atoms with E-state index in [2.05, 4.69) is 93.4 Å². The summed E-state index contributed by atoms with van der Waals surface area (Å²) in [5.41, 5.74) is 9.09. The Morgan fingerprint density at radius 3 is 1.44 bits per heavy atom. The van der Waals surface area contributed by atoms with Crippen molar-refractivity contribution in [3.8, 4) is 22.5 Å². The largest absolute Gasteiger partial charge is 0.370 e. The van der Waals surface area contributed by atoms with Crippen LogP contribution in [0.15, 0.2) is 82.8 Å². The van der Waals surface area contributed by atoms with Crippen LogP contribution in [0.2, 0.25) is 0 Å². The zero-order chi connectivity index (χ0) is 23.9. The molecule has 4 N–H and O–H groups in total. The first kappa shape index (κ1) is 21.0. The Labute approximate surface area is 209 Å². The van der Waals surface area contributed by atoms with Gasteiger partial charge in [-0.3, -0.25) is 9.98 Å². The highest BCUT2D eigenvalue weighted by molar-refractivity contribution is 6.10. The van der Waals surface area contributed by atoms with Crippen molar-refractivity contribution >= 4 is 33.5 Å². The average molecular weight is 473 g/mol. The second-order valence-corrected chi connectivity index (χ2v) is 9.50. The molecule has 0 amide bonds. The second-order valence-electron chi connectivity index (χ2n) is 9.50. The SMILES string of the molecule is c1cc(C2=NCCCN2)c2[nH]c(-c3ccc(-c4cc5cccc(C6=NCCCN6)c5[nH]4)cc3)cc2c1. The summed E-state index contributed by atoms with van der Waals surface area (Å²) in [5, 5.41) is 9.30. The first-order valence-electron chi connectivity index (χ1n) is 12.8. The summed E-state index contributed by atoms with van der Waals surface area (Å²) >= 11 is 0. The van der Waals surface area contributed by atoms with Crippen LogP contribution in [0.1, 0.15) is 24.0 Å². The molecule has 36 heavy (non-hydrogen) atoms. The number of H-pyrrole nitrogens is 2. The van der Waals surface area contributed by atoms with Gasteiger partial charge in [0.2, 0.25) is 0 Å². The van der Waals surface area contributed by atoms with Gasteiger partial charge in [-0.15, -0.1) is 0 Å². The number of nitrogens with one attached hydrogen (secondary N) is 4. The fraction of sp³-hybridized carbons (Fsp3) is 0.200. The number of aromatic nitrogens is 2. The molecule has 6 heteroatoms. The molecule has 0 radical (unpaired) electrons. The van der Waals surface area contributed by atoms with E-state index in [1.54, 1.807) is 0 Å². The van der Waals surface area contributed by atoms with Crippen LogP contribution in [0.25, 0.3) is 44.3 Å². The van der Waals surface area contributed by atoms with Crippen LogP contribution in [0.5, 0.6) is 0 Å². The molecule has 0 spiro atoms. The third-order valence-corrected chi connectivity index (χ3v) is 7.12. The van der Waals surface area contributed by atoms with E-state index in [4.69, 9.17) is 9.98 Å². The smallest absolute Gasteiger partial charge is 0.130 e. The molecule has 0 atom stereocenters. The first-order chi connectivity index (χ1) is 17.8. The van der Waals surface area contributed by atoms with Crippen LogP contribution in [0.4, 0.5) is 0 Å². The summed E-state index contributed by atoms with van der Waals surface area (Å²) in [7, 11) is 0. The number of rotatable bonds is 4. The van der Waals surface area contributed by atoms with Gasteiger partial charge in [-0.05, 0) is 48.2 Å². The van der Waals surface area contributed by atoms with E-state index in [1.165, 1.54) is 10.8 Å². The highest BCUT2D eigenvalue weighted by Crippen LogP contribution is 2.31. The molecule has 4 heterocycles. The third kappa shape index (κ3) is 3.66. The number of aliphatic imine (C=N–C) groups is 2. The zero-order valence-electron chi connectivity index (χ0n) is 20.1. The lowest BCUT2D eigenvalue weighted by molar-refractivity contribution is 0.743. The molecule has 2 aromatic heterocycles. The Hall–Kier alpha value is -4.32. The zero-order valence-corrected chi connectivity index (χ0v) is 20.1. The summed E-state index contributed by atoms with van der Waals surface area (Å²) in [5.74, 6) is 1.98. The van der Waals surface area contributed by atoms with Crippen molar-refractivity contribution in [2.45, 2.75) is 12.8 Å². The molecule has 178 valence electrons. The van der Waals surface area contributed by atoms with Crippen LogP contribution >= 0.6 is 0 Å². The van der Waals surface area contributed by atoms with Crippen molar-refractivity contribution in [3.63, 3.8) is 0 Å². The maximum absolute atomic E-state index is 4.70. The van der Waals surface area contributed by atoms with Crippen molar-refractivity contribution < 1.29 is 0 Å². The fourth-order valence-electron chi connectivity index (χ4n) is 5.27. The molecule has 0 fully saturated rings. The van der Waals surface area contributed by atoms with Crippen LogP contribution in [-0.4, -0.2) is 47.8 Å². The first-order valence-corrected chi connectivity index (χ1v) is 12.8. The highest BCUT2D eigenvalue weighted by atomic mass is 15.0. The van der Waals surface area contributed by atoms with Gasteiger partial charge in [-0.1, -0.05) is 48.5 Å².